The number of fused-ring (bicyclic) bond motifs is 2. The molecule has 5 heteroatoms. The molecule has 1 unspecified atom stereocenters. The number of hydrogen-bond donors (Lipinski definition) is 1. The number of rotatable bonds is 5. The van der Waals surface area contributed by atoms with Crippen molar-refractivity contribution < 1.29 is 14.4 Å². The molecule has 0 radical (unpaired) electrons. The molecule has 3 rings (SSSR count). The van der Waals surface area contributed by atoms with Gasteiger partial charge in [0.25, 0.3) is 0 Å². The molecule has 0 aliphatic heterocycles. The fourth-order valence-electron chi connectivity index (χ4n) is 3.64. The molecule has 4 nitrogen and oxygen atoms in total. The van der Waals surface area contributed by atoms with Gasteiger partial charge in [0.2, 0.25) is 5.43 Å². The van der Waals surface area contributed by atoms with Crippen molar-refractivity contribution in [1.29, 1.82) is 0 Å². The third-order valence-electron chi connectivity index (χ3n) is 4.90. The summed E-state index contributed by atoms with van der Waals surface area (Å²) in [6.45, 7) is 2.15. The molecule has 1 aromatic heterocycles. The number of aromatic nitrogens is 1. The number of Topliss-reactive ketones (excluding diaryl/α,β-unsaturated/α-hetero) is 1. The second kappa shape index (κ2) is 6.75. The van der Waals surface area contributed by atoms with E-state index >= 15 is 0 Å². The standard InChI is InChI=1S/C19H22FNO3/c1-2-3-4-5-6-12-9-16-18(17(22)10-12)19(23)14-8-7-13(20)11-15(14)21(16)24/h7-8,11-12,24H,2-6,9-10H2,1H3. The Morgan fingerprint density at radius 2 is 2.00 bits per heavy atom. The van der Waals surface area contributed by atoms with Crippen LogP contribution in [-0.2, 0) is 6.42 Å². The summed E-state index contributed by atoms with van der Waals surface area (Å²) in [7, 11) is 0. The maximum absolute atomic E-state index is 13.5. The smallest absolute Gasteiger partial charge is 0.200 e. The van der Waals surface area contributed by atoms with Crippen LogP contribution in [0.2, 0.25) is 0 Å². The molecule has 0 bridgehead atoms. The first-order valence-electron chi connectivity index (χ1n) is 8.62. The lowest BCUT2D eigenvalue weighted by molar-refractivity contribution is 0.0926. The van der Waals surface area contributed by atoms with E-state index in [1.165, 1.54) is 18.6 Å². The lowest BCUT2D eigenvalue weighted by Gasteiger charge is -2.25. The van der Waals surface area contributed by atoms with E-state index in [4.69, 9.17) is 0 Å². The average molecular weight is 331 g/mol. The summed E-state index contributed by atoms with van der Waals surface area (Å²) in [4.78, 5) is 25.1. The Hall–Kier alpha value is -2.17. The fraction of sp³-hybridized carbons (Fsp3) is 0.474. The van der Waals surface area contributed by atoms with E-state index in [0.29, 0.717) is 18.5 Å². The van der Waals surface area contributed by atoms with E-state index in [2.05, 4.69) is 6.92 Å². The molecule has 0 saturated carbocycles. The van der Waals surface area contributed by atoms with Gasteiger partial charge in [-0.2, -0.15) is 4.73 Å². The molecule has 1 N–H and O–H groups in total. The molecule has 0 saturated heterocycles. The zero-order valence-electron chi connectivity index (χ0n) is 13.8. The van der Waals surface area contributed by atoms with Gasteiger partial charge in [0, 0.05) is 12.5 Å². The van der Waals surface area contributed by atoms with Crippen LogP contribution in [0.4, 0.5) is 4.39 Å². The van der Waals surface area contributed by atoms with E-state index in [1.54, 1.807) is 0 Å². The van der Waals surface area contributed by atoms with Crippen LogP contribution in [0.1, 0.15) is 61.5 Å². The third-order valence-corrected chi connectivity index (χ3v) is 4.90. The van der Waals surface area contributed by atoms with Gasteiger partial charge in [0.1, 0.15) is 5.82 Å². The van der Waals surface area contributed by atoms with Crippen molar-refractivity contribution in [3.63, 3.8) is 0 Å². The zero-order chi connectivity index (χ0) is 17.3. The molecule has 1 atom stereocenters. The number of halogens is 1. The second-order valence-electron chi connectivity index (χ2n) is 6.67. The van der Waals surface area contributed by atoms with Gasteiger partial charge in [0.05, 0.1) is 22.2 Å². The van der Waals surface area contributed by atoms with Crippen molar-refractivity contribution in [2.45, 2.75) is 51.9 Å². The number of carbonyl (C=O) groups excluding carboxylic acids is 1. The Labute approximate surface area is 139 Å². The topological polar surface area (TPSA) is 59.3 Å². The number of unbranched alkanes of at least 4 members (excludes halogenated alkanes) is 3. The van der Waals surface area contributed by atoms with E-state index in [-0.39, 0.29) is 28.2 Å². The highest BCUT2D eigenvalue weighted by molar-refractivity contribution is 6.01. The van der Waals surface area contributed by atoms with Crippen molar-refractivity contribution in [3.05, 3.63) is 45.5 Å². The van der Waals surface area contributed by atoms with Crippen molar-refractivity contribution in [2.75, 3.05) is 0 Å². The van der Waals surface area contributed by atoms with Crippen LogP contribution >= 0.6 is 0 Å². The molecule has 0 amide bonds. The maximum atomic E-state index is 13.5. The van der Waals surface area contributed by atoms with E-state index < -0.39 is 11.2 Å². The van der Waals surface area contributed by atoms with Gasteiger partial charge in [-0.1, -0.05) is 32.6 Å². The minimum Gasteiger partial charge on any atom is -0.428 e. The Kier molecular flexibility index (Phi) is 4.69. The molecule has 1 aromatic carbocycles. The summed E-state index contributed by atoms with van der Waals surface area (Å²) in [5, 5.41) is 10.6. The Balaban J connectivity index is 1.98. The predicted octanol–water partition coefficient (Wildman–Crippen LogP) is 4.09. The summed E-state index contributed by atoms with van der Waals surface area (Å²) in [5.41, 5.74) is 0.120. The van der Waals surface area contributed by atoms with Gasteiger partial charge in [-0.15, -0.1) is 0 Å². The van der Waals surface area contributed by atoms with E-state index in [1.807, 2.05) is 0 Å². The first-order valence-corrected chi connectivity index (χ1v) is 8.62. The van der Waals surface area contributed by atoms with Crippen LogP contribution in [0.3, 0.4) is 0 Å². The predicted molar refractivity (Wildman–Crippen MR) is 90.3 cm³/mol. The number of pyridine rings is 1. The van der Waals surface area contributed by atoms with Crippen LogP contribution in [0.5, 0.6) is 0 Å². The van der Waals surface area contributed by atoms with E-state index in [0.717, 1.165) is 36.5 Å². The zero-order valence-corrected chi connectivity index (χ0v) is 13.8. The Bertz CT molecular complexity index is 841. The van der Waals surface area contributed by atoms with Gasteiger partial charge >= 0.3 is 0 Å². The van der Waals surface area contributed by atoms with Crippen LogP contribution in [0, 0.1) is 11.7 Å². The maximum Gasteiger partial charge on any atom is 0.200 e. The SMILES string of the molecule is CCCCCCC1CC(=O)c2c(n(O)c3cc(F)ccc3c2=O)C1. The molecule has 1 aliphatic carbocycles. The molecule has 0 fully saturated rings. The number of ketones is 1. The monoisotopic (exact) mass is 331 g/mol. The molecule has 2 aromatic rings. The number of carbonyl (C=O) groups is 1. The van der Waals surface area contributed by atoms with Crippen LogP contribution in [-0.4, -0.2) is 15.7 Å². The van der Waals surface area contributed by atoms with Crippen molar-refractivity contribution in [3.8, 4) is 0 Å². The van der Waals surface area contributed by atoms with Gasteiger partial charge in [-0.05, 0) is 30.9 Å². The molecular weight excluding hydrogens is 309 g/mol. The van der Waals surface area contributed by atoms with Gasteiger partial charge in [-0.3, -0.25) is 9.59 Å². The highest BCUT2D eigenvalue weighted by Crippen LogP contribution is 2.29. The highest BCUT2D eigenvalue weighted by Gasteiger charge is 2.31. The van der Waals surface area contributed by atoms with Crippen LogP contribution < -0.4 is 5.43 Å². The van der Waals surface area contributed by atoms with Gasteiger partial charge in [-0.25, -0.2) is 4.39 Å². The molecule has 0 spiro atoms. The third kappa shape index (κ3) is 2.95. The summed E-state index contributed by atoms with van der Waals surface area (Å²) in [5.74, 6) is -0.607. The van der Waals surface area contributed by atoms with Crippen molar-refractivity contribution in [1.82, 2.24) is 4.73 Å². The minimum atomic E-state index is -0.525. The molecule has 1 aliphatic rings. The average Bonchev–Trinajstić information content (AvgIpc) is 2.56. The summed E-state index contributed by atoms with van der Waals surface area (Å²) >= 11 is 0. The van der Waals surface area contributed by atoms with Crippen molar-refractivity contribution >= 4 is 16.7 Å². The second-order valence-corrected chi connectivity index (χ2v) is 6.67. The van der Waals surface area contributed by atoms with Crippen LogP contribution in [0.25, 0.3) is 10.9 Å². The first kappa shape index (κ1) is 16.7. The number of benzene rings is 1. The molecule has 1 heterocycles. The number of nitrogens with zero attached hydrogens (tertiary/aromatic N) is 1. The quantitative estimate of drug-likeness (QED) is 0.663. The minimum absolute atomic E-state index is 0.0708. The lowest BCUT2D eigenvalue weighted by Crippen LogP contribution is -2.31. The number of hydrogen-bond acceptors (Lipinski definition) is 3. The Morgan fingerprint density at radius 3 is 2.75 bits per heavy atom. The van der Waals surface area contributed by atoms with Crippen LogP contribution in [0.15, 0.2) is 23.0 Å². The van der Waals surface area contributed by atoms with Gasteiger partial charge < -0.3 is 5.21 Å². The van der Waals surface area contributed by atoms with Gasteiger partial charge in [0.15, 0.2) is 5.78 Å². The Morgan fingerprint density at radius 1 is 1.21 bits per heavy atom. The lowest BCUT2D eigenvalue weighted by atomic mass is 9.82. The molecule has 24 heavy (non-hydrogen) atoms. The summed E-state index contributed by atoms with van der Waals surface area (Å²) in [6, 6.07) is 3.62. The first-order chi connectivity index (χ1) is 11.5. The molecule has 128 valence electrons. The van der Waals surface area contributed by atoms with E-state index in [9.17, 15) is 19.2 Å². The largest absolute Gasteiger partial charge is 0.428 e. The fourth-order valence-corrected chi connectivity index (χ4v) is 3.64. The normalized spacial score (nSPS) is 17.2. The summed E-state index contributed by atoms with van der Waals surface area (Å²) < 4.78 is 14.3. The highest BCUT2D eigenvalue weighted by atomic mass is 19.1. The molecular formula is C19H22FNO3. The summed E-state index contributed by atoms with van der Waals surface area (Å²) in [6.07, 6.45) is 6.22. The van der Waals surface area contributed by atoms with Crippen molar-refractivity contribution in [2.24, 2.45) is 5.92 Å².